The van der Waals surface area contributed by atoms with Gasteiger partial charge in [-0.2, -0.15) is 0 Å². The molecular weight excluding hydrogens is 471 g/mol. The smallest absolute Gasteiger partial charge is 0.247 e. The van der Waals surface area contributed by atoms with Gasteiger partial charge in [0.25, 0.3) is 0 Å². The second-order valence-corrected chi connectivity index (χ2v) is 6.78. The van der Waals surface area contributed by atoms with E-state index in [9.17, 15) is 19.8 Å². The maximum absolute atomic E-state index is 9.92. The molecule has 0 aromatic carbocycles. The zero-order chi connectivity index (χ0) is 22.5. The summed E-state index contributed by atoms with van der Waals surface area (Å²) >= 11 is 0. The van der Waals surface area contributed by atoms with E-state index in [1.54, 1.807) is 0 Å². The molecule has 0 heterocycles. The molecule has 0 rings (SSSR count). The topological polar surface area (TPSA) is 73.9 Å². The first kappa shape index (κ1) is 39.2. The maximum atomic E-state index is 9.92. The van der Waals surface area contributed by atoms with Crippen LogP contribution in [0.15, 0.2) is 0 Å². The van der Waals surface area contributed by atoms with Crippen molar-refractivity contribution in [3.63, 3.8) is 0 Å². The molecule has 0 aliphatic rings. The molecule has 0 bridgehead atoms. The fourth-order valence-corrected chi connectivity index (χ4v) is 1.75. The van der Waals surface area contributed by atoms with Gasteiger partial charge in [-0.3, -0.25) is 0 Å². The van der Waals surface area contributed by atoms with E-state index < -0.39 is 11.9 Å². The van der Waals surface area contributed by atoms with Crippen molar-refractivity contribution < 1.29 is 19.8 Å². The van der Waals surface area contributed by atoms with Gasteiger partial charge in [0, 0.05) is 23.9 Å². The summed E-state index contributed by atoms with van der Waals surface area (Å²) in [6, 6.07) is 0. The van der Waals surface area contributed by atoms with Crippen LogP contribution in [-0.4, -0.2) is 35.8 Å². The third-order valence-electron chi connectivity index (χ3n) is 3.68. The number of unbranched alkanes of at least 4 members (excludes halogenated alkanes) is 10. The maximum Gasteiger partial charge on any atom is 0.355 e. The Morgan fingerprint density at radius 1 is 0.517 bits per heavy atom. The zero-order valence-corrected chi connectivity index (χ0v) is 22.7. The van der Waals surface area contributed by atoms with Crippen molar-refractivity contribution >= 4 is 35.8 Å². The van der Waals surface area contributed by atoms with Crippen LogP contribution in [-0.2, 0) is 19.8 Å². The number of hydrogen-bond donors (Lipinski definition) is 0. The molecule has 29 heavy (non-hydrogen) atoms. The molecule has 0 saturated heterocycles. The fourth-order valence-electron chi connectivity index (χ4n) is 1.75. The van der Waals surface area contributed by atoms with Gasteiger partial charge in [0.2, 0.25) is 0 Å². The summed E-state index contributed by atoms with van der Waals surface area (Å²) in [4.78, 5) is 19.8. The van der Waals surface area contributed by atoms with Crippen LogP contribution in [0.5, 0.6) is 0 Å². The van der Waals surface area contributed by atoms with Gasteiger partial charge in [-0.05, 0) is 12.8 Å². The normalized spacial score (nSPS) is 8.76. The molecule has 8 radical (unpaired) electrons. The third kappa shape index (κ3) is 74.2. The summed E-state index contributed by atoms with van der Waals surface area (Å²) in [7, 11) is 0. The minimum absolute atomic E-state index is 0. The summed E-state index contributed by atoms with van der Waals surface area (Å²) in [6.07, 6.45) is 15.8. The van der Waals surface area contributed by atoms with E-state index in [0.29, 0.717) is 0 Å². The molecule has 4 nitrogen and oxygen atoms in total. The van der Waals surface area contributed by atoms with Crippen molar-refractivity contribution in [2.75, 3.05) is 0 Å². The van der Waals surface area contributed by atoms with Crippen LogP contribution in [0.1, 0.15) is 130 Å². The van der Waals surface area contributed by atoms with Crippen LogP contribution in [0.4, 0.5) is 0 Å². The van der Waals surface area contributed by atoms with Gasteiger partial charge in [0.15, 0.2) is 0 Å². The van der Waals surface area contributed by atoms with Crippen LogP contribution >= 0.6 is 0 Å². The summed E-state index contributed by atoms with van der Waals surface area (Å²) in [5.74, 6) is -1.84. The van der Waals surface area contributed by atoms with Crippen LogP contribution in [0, 0.1) is 13.8 Å². The monoisotopic (exact) mass is 520 g/mol. The van der Waals surface area contributed by atoms with Crippen molar-refractivity contribution in [3.8, 4) is 0 Å². The van der Waals surface area contributed by atoms with Crippen molar-refractivity contribution in [2.45, 2.75) is 130 Å². The van der Waals surface area contributed by atoms with Gasteiger partial charge in [0.05, 0.1) is 12.8 Å². The van der Waals surface area contributed by atoms with Gasteiger partial charge in [0.1, 0.15) is 0 Å². The van der Waals surface area contributed by atoms with Gasteiger partial charge in [-0.1, -0.05) is 119 Å². The Bertz CT molecular complexity index is 252. The van der Waals surface area contributed by atoms with E-state index in [0.717, 1.165) is 51.4 Å². The summed E-state index contributed by atoms with van der Waals surface area (Å²) < 4.78 is 0. The largest absolute Gasteiger partial charge is 0.355 e. The number of rotatable bonds is 14. The summed E-state index contributed by atoms with van der Waals surface area (Å²) in [5, 5.41) is 19.8. The average Bonchev–Trinajstić information content (AvgIpc) is 2.68. The molecule has 0 spiro atoms. The van der Waals surface area contributed by atoms with E-state index in [1.807, 2.05) is 0 Å². The van der Waals surface area contributed by atoms with Crippen LogP contribution in [0.3, 0.4) is 0 Å². The second kappa shape index (κ2) is 42.0. The Hall–Kier alpha value is -0.261. The van der Waals surface area contributed by atoms with Gasteiger partial charge in [-0.15, -0.1) is 0 Å². The van der Waals surface area contributed by atoms with Crippen LogP contribution in [0.25, 0.3) is 0 Å². The van der Waals surface area contributed by atoms with Crippen molar-refractivity contribution in [1.82, 2.24) is 0 Å². The van der Waals surface area contributed by atoms with E-state index in [2.05, 4.69) is 41.5 Å². The first-order valence-electron chi connectivity index (χ1n) is 11.4. The van der Waals surface area contributed by atoms with Crippen LogP contribution < -0.4 is 0 Å². The molecule has 0 amide bonds. The Kier molecular flexibility index (Phi) is 56.8. The zero-order valence-electron chi connectivity index (χ0n) is 19.9. The number of hydrogen-bond acceptors (Lipinski definition) is 2. The molecule has 0 aliphatic heterocycles. The SMILES string of the molecule is CCCCCCCC([O])=O.CCCCCCCC([O])=O.[CH2]CCC.[CH2]CCC.[Sn]. The Labute approximate surface area is 199 Å². The molecule has 0 atom stereocenters. The molecule has 0 fully saturated rings. The molecule has 0 aliphatic carbocycles. The van der Waals surface area contributed by atoms with Gasteiger partial charge >= 0.3 is 11.9 Å². The minimum atomic E-state index is -0.920. The number of carbonyl (C=O) groups excluding carboxylic acids is 2. The Morgan fingerprint density at radius 2 is 0.759 bits per heavy atom. The van der Waals surface area contributed by atoms with E-state index in [4.69, 9.17) is 0 Å². The first-order chi connectivity index (χ1) is 13.4. The molecular formula is C24H48O4Sn. The third-order valence-corrected chi connectivity index (χ3v) is 3.68. The standard InChI is InChI=1S/2C8H15O2.2C4H9.Sn/c2*1-2-3-4-5-6-7-8(9)10;2*1-3-4-2;/h2*2-7H2,1H3;2*1,3-4H2,2H3;. The van der Waals surface area contributed by atoms with Gasteiger partial charge in [-0.25, -0.2) is 19.8 Å². The van der Waals surface area contributed by atoms with E-state index >= 15 is 0 Å². The molecule has 172 valence electrons. The summed E-state index contributed by atoms with van der Waals surface area (Å²) in [5.41, 5.74) is 0. The van der Waals surface area contributed by atoms with Gasteiger partial charge < -0.3 is 0 Å². The van der Waals surface area contributed by atoms with Crippen LogP contribution in [0.2, 0.25) is 0 Å². The van der Waals surface area contributed by atoms with E-state index in [-0.39, 0.29) is 36.7 Å². The molecule has 0 saturated carbocycles. The molecule has 5 heteroatoms. The molecule has 0 aromatic heterocycles. The van der Waals surface area contributed by atoms with Crippen molar-refractivity contribution in [3.05, 3.63) is 13.8 Å². The predicted molar refractivity (Wildman–Crippen MR) is 124 cm³/mol. The first-order valence-corrected chi connectivity index (χ1v) is 11.4. The van der Waals surface area contributed by atoms with E-state index in [1.165, 1.54) is 38.5 Å². The molecule has 0 aromatic rings. The fraction of sp³-hybridized carbons (Fsp3) is 0.833. The Balaban J connectivity index is -0.0000000950. The second-order valence-electron chi connectivity index (χ2n) is 6.78. The minimum Gasteiger partial charge on any atom is -0.247 e. The quantitative estimate of drug-likeness (QED) is 0.176. The van der Waals surface area contributed by atoms with Crippen molar-refractivity contribution in [2.24, 2.45) is 0 Å². The summed E-state index contributed by atoms with van der Waals surface area (Å²) in [6.45, 7) is 15.7. The average molecular weight is 519 g/mol. The van der Waals surface area contributed by atoms with Crippen molar-refractivity contribution in [1.29, 1.82) is 0 Å². The predicted octanol–water partition coefficient (Wildman–Crippen LogP) is 7.47. The Morgan fingerprint density at radius 3 is 0.931 bits per heavy atom. The molecule has 0 N–H and O–H groups in total. The molecule has 0 unspecified atom stereocenters. The number of carbonyl (C=O) groups is 2.